The Morgan fingerprint density at radius 1 is 1.29 bits per heavy atom. The number of ether oxygens (including phenoxy) is 1. The Balaban J connectivity index is 2.10. The van der Waals surface area contributed by atoms with Crippen molar-refractivity contribution in [1.29, 1.82) is 0 Å². The van der Waals surface area contributed by atoms with Crippen molar-refractivity contribution in [3.05, 3.63) is 10.2 Å². The Bertz CT molecular complexity index is 638. The number of amides is 2. The molecule has 1 aromatic heterocycles. The van der Waals surface area contributed by atoms with Gasteiger partial charge in [-0.3, -0.25) is 4.79 Å². The molecule has 0 aromatic carbocycles. The van der Waals surface area contributed by atoms with Crippen LogP contribution in [-0.2, 0) is 4.74 Å². The number of primary amides is 1. The summed E-state index contributed by atoms with van der Waals surface area (Å²) < 4.78 is 7.40. The van der Waals surface area contributed by atoms with Gasteiger partial charge in [0.05, 0.1) is 6.04 Å². The van der Waals surface area contributed by atoms with E-state index >= 15 is 0 Å². The Hall–Kier alpha value is -1.77. The van der Waals surface area contributed by atoms with Crippen molar-refractivity contribution < 1.29 is 14.3 Å². The fourth-order valence-corrected chi connectivity index (χ4v) is 3.33. The first-order chi connectivity index (χ1) is 11.1. The van der Waals surface area contributed by atoms with E-state index in [0.717, 1.165) is 12.8 Å². The fraction of sp³-hybridized carbons (Fsp3) is 0.667. The molecule has 24 heavy (non-hydrogen) atoms. The lowest BCUT2D eigenvalue weighted by Gasteiger charge is -2.26. The minimum atomic E-state index is -0.616. The van der Waals surface area contributed by atoms with Crippen molar-refractivity contribution in [1.82, 2.24) is 14.7 Å². The van der Waals surface area contributed by atoms with Crippen molar-refractivity contribution in [2.75, 3.05) is 18.8 Å². The second-order valence-electron chi connectivity index (χ2n) is 6.91. The van der Waals surface area contributed by atoms with Crippen LogP contribution >= 0.6 is 15.9 Å². The Kier molecular flexibility index (Phi) is 5.42. The number of aromatic nitrogens is 2. The standard InChI is InChI=1S/C15H24BrN5O3/c1-15(2,3)24-14(23)20-7-4-5-9(6-8-20)21-12(17)10(13(18)22)11(16)19-21/h9H,4-8,17H2,1-3H3,(H2,18,22)/t9-/m0/s1. The van der Waals surface area contributed by atoms with E-state index < -0.39 is 11.5 Å². The summed E-state index contributed by atoms with van der Waals surface area (Å²) in [6.45, 7) is 6.70. The quantitative estimate of drug-likeness (QED) is 0.787. The van der Waals surface area contributed by atoms with Gasteiger partial charge in [0.1, 0.15) is 21.6 Å². The molecule has 2 rings (SSSR count). The van der Waals surface area contributed by atoms with Crippen LogP contribution in [0.5, 0.6) is 0 Å². The van der Waals surface area contributed by atoms with Crippen LogP contribution in [0.4, 0.5) is 10.6 Å². The molecule has 0 radical (unpaired) electrons. The van der Waals surface area contributed by atoms with E-state index in [9.17, 15) is 9.59 Å². The van der Waals surface area contributed by atoms with Crippen LogP contribution < -0.4 is 11.5 Å². The summed E-state index contributed by atoms with van der Waals surface area (Å²) in [6, 6.07) is 0.00170. The lowest BCUT2D eigenvalue weighted by Crippen LogP contribution is -2.37. The van der Waals surface area contributed by atoms with Crippen LogP contribution in [-0.4, -0.2) is 45.4 Å². The molecule has 1 saturated heterocycles. The zero-order valence-corrected chi connectivity index (χ0v) is 15.8. The van der Waals surface area contributed by atoms with E-state index in [-0.39, 0.29) is 23.5 Å². The SMILES string of the molecule is CC(C)(C)OC(=O)N1CCC[C@H](n2nc(Br)c(C(N)=O)c2N)CC1. The molecule has 1 aliphatic rings. The third kappa shape index (κ3) is 4.19. The summed E-state index contributed by atoms with van der Waals surface area (Å²) in [5.74, 6) is -0.361. The largest absolute Gasteiger partial charge is 0.444 e. The van der Waals surface area contributed by atoms with E-state index in [1.165, 1.54) is 0 Å². The molecule has 0 spiro atoms. The summed E-state index contributed by atoms with van der Waals surface area (Å²) in [7, 11) is 0. The van der Waals surface area contributed by atoms with Crippen LogP contribution in [0.3, 0.4) is 0 Å². The molecule has 1 aromatic rings. The Labute approximate surface area is 149 Å². The molecular formula is C15H24BrN5O3. The van der Waals surface area contributed by atoms with Crippen LogP contribution in [0.15, 0.2) is 4.60 Å². The number of nitrogens with two attached hydrogens (primary N) is 2. The number of rotatable bonds is 2. The molecule has 2 amide bonds. The first-order valence-electron chi connectivity index (χ1n) is 7.91. The maximum absolute atomic E-state index is 12.2. The molecule has 1 atom stereocenters. The minimum Gasteiger partial charge on any atom is -0.444 e. The van der Waals surface area contributed by atoms with E-state index in [0.29, 0.717) is 24.1 Å². The summed E-state index contributed by atoms with van der Waals surface area (Å²) in [5.41, 5.74) is 11.0. The zero-order chi connectivity index (χ0) is 18.1. The summed E-state index contributed by atoms with van der Waals surface area (Å²) in [5, 5.41) is 4.30. The molecule has 1 fully saturated rings. The second kappa shape index (κ2) is 7.00. The molecule has 0 bridgehead atoms. The molecule has 0 unspecified atom stereocenters. The number of carbonyl (C=O) groups excluding carboxylic acids is 2. The van der Waals surface area contributed by atoms with Gasteiger partial charge in [0.25, 0.3) is 5.91 Å². The van der Waals surface area contributed by atoms with E-state index in [4.69, 9.17) is 16.2 Å². The van der Waals surface area contributed by atoms with Gasteiger partial charge in [-0.1, -0.05) is 0 Å². The van der Waals surface area contributed by atoms with Gasteiger partial charge in [0.15, 0.2) is 0 Å². The molecule has 0 aliphatic carbocycles. The minimum absolute atomic E-state index is 0.00170. The van der Waals surface area contributed by atoms with Crippen molar-refractivity contribution in [3.8, 4) is 0 Å². The first-order valence-corrected chi connectivity index (χ1v) is 8.70. The number of nitrogen functional groups attached to an aromatic ring is 1. The van der Waals surface area contributed by atoms with Crippen LogP contribution in [0.1, 0.15) is 56.4 Å². The highest BCUT2D eigenvalue weighted by molar-refractivity contribution is 9.10. The van der Waals surface area contributed by atoms with Gasteiger partial charge in [0, 0.05) is 13.1 Å². The van der Waals surface area contributed by atoms with Gasteiger partial charge in [-0.15, -0.1) is 0 Å². The van der Waals surface area contributed by atoms with Gasteiger partial charge >= 0.3 is 6.09 Å². The third-order valence-electron chi connectivity index (χ3n) is 3.85. The third-order valence-corrected chi connectivity index (χ3v) is 4.40. The molecule has 1 aliphatic heterocycles. The van der Waals surface area contributed by atoms with Gasteiger partial charge in [-0.25, -0.2) is 9.48 Å². The lowest BCUT2D eigenvalue weighted by molar-refractivity contribution is 0.0255. The topological polar surface area (TPSA) is 116 Å². The molecular weight excluding hydrogens is 378 g/mol. The average Bonchev–Trinajstić information content (AvgIpc) is 2.62. The van der Waals surface area contributed by atoms with E-state index in [1.54, 1.807) is 9.58 Å². The number of anilines is 1. The van der Waals surface area contributed by atoms with Crippen molar-refractivity contribution in [2.24, 2.45) is 5.73 Å². The number of hydrogen-bond donors (Lipinski definition) is 2. The maximum atomic E-state index is 12.2. The van der Waals surface area contributed by atoms with Crippen molar-refractivity contribution >= 4 is 33.7 Å². The molecule has 0 saturated carbocycles. The zero-order valence-electron chi connectivity index (χ0n) is 14.2. The number of nitrogens with zero attached hydrogens (tertiary/aromatic N) is 3. The second-order valence-corrected chi connectivity index (χ2v) is 7.66. The van der Waals surface area contributed by atoms with Crippen LogP contribution in [0.25, 0.3) is 0 Å². The number of carbonyl (C=O) groups is 2. The predicted octanol–water partition coefficient (Wildman–Crippen LogP) is 2.29. The first kappa shape index (κ1) is 18.6. The number of halogens is 1. The monoisotopic (exact) mass is 401 g/mol. The van der Waals surface area contributed by atoms with Crippen molar-refractivity contribution in [3.63, 3.8) is 0 Å². The van der Waals surface area contributed by atoms with Gasteiger partial charge in [0.2, 0.25) is 0 Å². The molecule has 2 heterocycles. The van der Waals surface area contributed by atoms with Gasteiger partial charge in [-0.2, -0.15) is 5.10 Å². The van der Waals surface area contributed by atoms with Crippen molar-refractivity contribution in [2.45, 2.75) is 51.7 Å². The summed E-state index contributed by atoms with van der Waals surface area (Å²) in [4.78, 5) is 25.4. The lowest BCUT2D eigenvalue weighted by atomic mass is 10.1. The van der Waals surface area contributed by atoms with E-state index in [2.05, 4.69) is 21.0 Å². The van der Waals surface area contributed by atoms with Crippen LogP contribution in [0.2, 0.25) is 0 Å². The smallest absolute Gasteiger partial charge is 0.410 e. The fourth-order valence-electron chi connectivity index (χ4n) is 2.76. The van der Waals surface area contributed by atoms with Gasteiger partial charge < -0.3 is 21.1 Å². The summed E-state index contributed by atoms with van der Waals surface area (Å²) >= 11 is 3.23. The Morgan fingerprint density at radius 2 is 1.96 bits per heavy atom. The Morgan fingerprint density at radius 3 is 2.50 bits per heavy atom. The predicted molar refractivity (Wildman–Crippen MR) is 93.6 cm³/mol. The molecule has 8 nitrogen and oxygen atoms in total. The van der Waals surface area contributed by atoms with E-state index in [1.807, 2.05) is 20.8 Å². The summed E-state index contributed by atoms with van der Waals surface area (Å²) in [6.07, 6.45) is 1.97. The maximum Gasteiger partial charge on any atom is 0.410 e. The highest BCUT2D eigenvalue weighted by Gasteiger charge is 2.28. The number of likely N-dealkylation sites (tertiary alicyclic amines) is 1. The van der Waals surface area contributed by atoms with Gasteiger partial charge in [-0.05, 0) is 56.0 Å². The highest BCUT2D eigenvalue weighted by Crippen LogP contribution is 2.30. The molecule has 134 valence electrons. The van der Waals surface area contributed by atoms with Crippen LogP contribution in [0, 0.1) is 0 Å². The number of hydrogen-bond acceptors (Lipinski definition) is 5. The normalized spacial score (nSPS) is 19.0. The molecule has 9 heteroatoms. The highest BCUT2D eigenvalue weighted by atomic mass is 79.9. The average molecular weight is 402 g/mol. The molecule has 4 N–H and O–H groups in total.